The second kappa shape index (κ2) is 10.9. The van der Waals surface area contributed by atoms with Crippen molar-refractivity contribution in [3.63, 3.8) is 0 Å². The van der Waals surface area contributed by atoms with E-state index >= 15 is 0 Å². The van der Waals surface area contributed by atoms with Crippen molar-refractivity contribution < 1.29 is 9.53 Å². The Balaban J connectivity index is 1.17. The molecule has 174 valence electrons. The van der Waals surface area contributed by atoms with Gasteiger partial charge < -0.3 is 14.6 Å². The predicted molar refractivity (Wildman–Crippen MR) is 124 cm³/mol. The molecule has 8 nitrogen and oxygen atoms in total. The third kappa shape index (κ3) is 5.86. The summed E-state index contributed by atoms with van der Waals surface area (Å²) in [4.78, 5) is 17.3. The highest BCUT2D eigenvalue weighted by molar-refractivity contribution is 5.81. The van der Waals surface area contributed by atoms with Crippen LogP contribution in [0.25, 0.3) is 0 Å². The summed E-state index contributed by atoms with van der Waals surface area (Å²) in [5.74, 6) is 3.14. The van der Waals surface area contributed by atoms with Gasteiger partial charge in [-0.15, -0.1) is 10.2 Å². The van der Waals surface area contributed by atoms with Crippen molar-refractivity contribution in [3.8, 4) is 5.75 Å². The van der Waals surface area contributed by atoms with E-state index in [2.05, 4.69) is 29.9 Å². The summed E-state index contributed by atoms with van der Waals surface area (Å²) < 4.78 is 8.05. The lowest BCUT2D eigenvalue weighted by molar-refractivity contribution is -0.126. The summed E-state index contributed by atoms with van der Waals surface area (Å²) in [5.41, 5.74) is 1.17. The zero-order valence-corrected chi connectivity index (χ0v) is 19.4. The minimum absolute atomic E-state index is 0.0640. The number of nitrogens with one attached hydrogen (secondary N) is 1. The van der Waals surface area contributed by atoms with Gasteiger partial charge in [-0.05, 0) is 44.4 Å². The minimum Gasteiger partial charge on any atom is -0.492 e. The largest absolute Gasteiger partial charge is 0.492 e. The van der Waals surface area contributed by atoms with E-state index in [0.29, 0.717) is 13.2 Å². The van der Waals surface area contributed by atoms with Crippen molar-refractivity contribution in [2.45, 2.75) is 58.7 Å². The van der Waals surface area contributed by atoms with E-state index in [4.69, 9.17) is 4.74 Å². The molecule has 8 heteroatoms. The first-order valence-electron chi connectivity index (χ1n) is 11.9. The Morgan fingerprint density at radius 3 is 2.78 bits per heavy atom. The van der Waals surface area contributed by atoms with Crippen LogP contribution in [-0.2, 0) is 24.3 Å². The van der Waals surface area contributed by atoms with Gasteiger partial charge in [0.2, 0.25) is 5.91 Å². The van der Waals surface area contributed by atoms with Crippen molar-refractivity contribution >= 4 is 5.91 Å². The molecule has 32 heavy (non-hydrogen) atoms. The highest BCUT2D eigenvalue weighted by Crippen LogP contribution is 2.17. The molecule has 0 bridgehead atoms. The molecule has 0 aliphatic carbocycles. The SMILES string of the molecule is Cc1cccc(OCCNC(=O)[C@@H](C)N2CCN(Cc3nnc4n3CCCCC4)CC2)c1. The second-order valence-electron chi connectivity index (χ2n) is 8.94. The Labute approximate surface area is 190 Å². The van der Waals surface area contributed by atoms with Crippen LogP contribution < -0.4 is 10.1 Å². The topological polar surface area (TPSA) is 75.5 Å². The molecule has 2 aromatic rings. The fraction of sp³-hybridized carbons (Fsp3) is 0.625. The van der Waals surface area contributed by atoms with Gasteiger partial charge in [0.05, 0.1) is 19.1 Å². The molecule has 2 aliphatic rings. The zero-order valence-electron chi connectivity index (χ0n) is 19.4. The number of hydrogen-bond acceptors (Lipinski definition) is 6. The molecule has 1 N–H and O–H groups in total. The predicted octanol–water partition coefficient (Wildman–Crippen LogP) is 2.01. The van der Waals surface area contributed by atoms with Crippen LogP contribution in [0.15, 0.2) is 24.3 Å². The molecule has 4 rings (SSSR count). The van der Waals surface area contributed by atoms with Crippen LogP contribution in [0.5, 0.6) is 5.75 Å². The first-order chi connectivity index (χ1) is 15.6. The van der Waals surface area contributed by atoms with Gasteiger partial charge in [-0.3, -0.25) is 14.6 Å². The molecular formula is C24H36N6O2. The average Bonchev–Trinajstić information content (AvgIpc) is 3.02. The van der Waals surface area contributed by atoms with Crippen LogP contribution in [0.2, 0.25) is 0 Å². The first-order valence-corrected chi connectivity index (χ1v) is 11.9. The van der Waals surface area contributed by atoms with Gasteiger partial charge in [-0.25, -0.2) is 0 Å². The van der Waals surface area contributed by atoms with Crippen molar-refractivity contribution in [2.75, 3.05) is 39.3 Å². The number of rotatable bonds is 8. The summed E-state index contributed by atoms with van der Waals surface area (Å²) >= 11 is 0. The van der Waals surface area contributed by atoms with Crippen LogP contribution in [0.3, 0.4) is 0 Å². The lowest BCUT2D eigenvalue weighted by Crippen LogP contribution is -2.54. The van der Waals surface area contributed by atoms with Crippen LogP contribution in [-0.4, -0.2) is 75.8 Å². The van der Waals surface area contributed by atoms with Crippen molar-refractivity contribution in [1.82, 2.24) is 29.9 Å². The van der Waals surface area contributed by atoms with Gasteiger partial charge in [0, 0.05) is 39.1 Å². The standard InChI is InChI=1S/C24H36N6O2/c1-19-7-6-8-21(17-19)32-16-10-25-24(31)20(2)29-14-12-28(13-15-29)18-23-27-26-22-9-4-3-5-11-30(22)23/h6-8,17,20H,3-5,9-16,18H2,1-2H3,(H,25,31)/t20-/m1/s1. The van der Waals surface area contributed by atoms with E-state index in [0.717, 1.165) is 63.1 Å². The second-order valence-corrected chi connectivity index (χ2v) is 8.94. The van der Waals surface area contributed by atoms with Crippen molar-refractivity contribution in [2.24, 2.45) is 0 Å². The third-order valence-electron chi connectivity index (χ3n) is 6.54. The maximum Gasteiger partial charge on any atom is 0.237 e. The third-order valence-corrected chi connectivity index (χ3v) is 6.54. The van der Waals surface area contributed by atoms with Crippen molar-refractivity contribution in [3.05, 3.63) is 41.5 Å². The summed E-state index contributed by atoms with van der Waals surface area (Å²) in [5, 5.41) is 11.9. The van der Waals surface area contributed by atoms with Gasteiger partial charge in [0.1, 0.15) is 24.0 Å². The zero-order chi connectivity index (χ0) is 22.3. The number of aromatic nitrogens is 3. The number of nitrogens with zero attached hydrogens (tertiary/aromatic N) is 5. The molecule has 1 saturated heterocycles. The number of carbonyl (C=O) groups excluding carboxylic acids is 1. The number of benzene rings is 1. The molecule has 1 amide bonds. The molecule has 0 spiro atoms. The van der Waals surface area contributed by atoms with E-state index in [-0.39, 0.29) is 11.9 Å². The van der Waals surface area contributed by atoms with Gasteiger partial charge in [-0.2, -0.15) is 0 Å². The number of hydrogen-bond donors (Lipinski definition) is 1. The Hall–Kier alpha value is -2.45. The van der Waals surface area contributed by atoms with Crippen LogP contribution in [0.1, 0.15) is 43.4 Å². The Kier molecular flexibility index (Phi) is 7.76. The molecule has 0 radical (unpaired) electrons. The fourth-order valence-electron chi connectivity index (χ4n) is 4.53. The fourth-order valence-corrected chi connectivity index (χ4v) is 4.53. The number of aryl methyl sites for hydroxylation is 2. The normalized spacial score (nSPS) is 18.6. The summed E-state index contributed by atoms with van der Waals surface area (Å²) in [6.45, 7) is 10.5. The van der Waals surface area contributed by atoms with Crippen LogP contribution in [0.4, 0.5) is 0 Å². The van der Waals surface area contributed by atoms with E-state index < -0.39 is 0 Å². The highest BCUT2D eigenvalue weighted by Gasteiger charge is 2.26. The molecule has 0 unspecified atom stereocenters. The number of fused-ring (bicyclic) bond motifs is 1. The van der Waals surface area contributed by atoms with Crippen LogP contribution >= 0.6 is 0 Å². The van der Waals surface area contributed by atoms with E-state index in [1.165, 1.54) is 24.8 Å². The number of carbonyl (C=O) groups is 1. The van der Waals surface area contributed by atoms with Gasteiger partial charge in [0.15, 0.2) is 0 Å². The monoisotopic (exact) mass is 440 g/mol. The molecule has 1 fully saturated rings. The minimum atomic E-state index is -0.138. The maximum absolute atomic E-state index is 12.6. The number of amides is 1. The highest BCUT2D eigenvalue weighted by atomic mass is 16.5. The summed E-state index contributed by atoms with van der Waals surface area (Å²) in [6.07, 6.45) is 4.76. The number of piperazine rings is 1. The average molecular weight is 441 g/mol. The van der Waals surface area contributed by atoms with E-state index in [1.54, 1.807) is 0 Å². The Morgan fingerprint density at radius 2 is 1.97 bits per heavy atom. The lowest BCUT2D eigenvalue weighted by atomic mass is 10.2. The van der Waals surface area contributed by atoms with Gasteiger partial charge in [0.25, 0.3) is 0 Å². The quantitative estimate of drug-likeness (QED) is 0.633. The molecule has 2 aliphatic heterocycles. The lowest BCUT2D eigenvalue weighted by Gasteiger charge is -2.37. The smallest absolute Gasteiger partial charge is 0.237 e. The molecule has 0 saturated carbocycles. The molecular weight excluding hydrogens is 404 g/mol. The molecule has 1 atom stereocenters. The summed E-state index contributed by atoms with van der Waals surface area (Å²) in [7, 11) is 0. The Bertz CT molecular complexity index is 890. The van der Waals surface area contributed by atoms with Gasteiger partial charge >= 0.3 is 0 Å². The van der Waals surface area contributed by atoms with E-state index in [9.17, 15) is 4.79 Å². The first kappa shape index (κ1) is 22.7. The molecule has 1 aromatic heterocycles. The Morgan fingerprint density at radius 1 is 1.12 bits per heavy atom. The molecule has 3 heterocycles. The van der Waals surface area contributed by atoms with Crippen LogP contribution in [0, 0.1) is 6.92 Å². The van der Waals surface area contributed by atoms with E-state index in [1.807, 2.05) is 38.1 Å². The number of ether oxygens (including phenoxy) is 1. The van der Waals surface area contributed by atoms with Crippen molar-refractivity contribution in [1.29, 1.82) is 0 Å². The summed E-state index contributed by atoms with van der Waals surface area (Å²) in [6, 6.07) is 7.82. The van der Waals surface area contributed by atoms with Gasteiger partial charge in [-0.1, -0.05) is 18.6 Å². The maximum atomic E-state index is 12.6. The molecule has 1 aromatic carbocycles.